The van der Waals surface area contributed by atoms with E-state index in [1.165, 1.54) is 34.9 Å². The largest absolute Gasteiger partial charge is 0.494 e. The third kappa shape index (κ3) is 3.71. The van der Waals surface area contributed by atoms with Crippen LogP contribution in [-0.2, 0) is 0 Å². The Hall–Kier alpha value is -2.44. The number of hydrogen-bond donors (Lipinski definition) is 1. The number of hydrogen-bond acceptors (Lipinski definition) is 4. The van der Waals surface area contributed by atoms with Crippen LogP contribution < -0.4 is 10.1 Å². The molecule has 0 bridgehead atoms. The van der Waals surface area contributed by atoms with Gasteiger partial charge in [0, 0.05) is 16.8 Å². The van der Waals surface area contributed by atoms with Gasteiger partial charge < -0.3 is 15.0 Å². The van der Waals surface area contributed by atoms with Gasteiger partial charge >= 0.3 is 0 Å². The molecule has 4 nitrogen and oxygen atoms in total. The lowest BCUT2D eigenvalue weighted by Crippen LogP contribution is -2.34. The van der Waals surface area contributed by atoms with Crippen molar-refractivity contribution in [3.63, 3.8) is 0 Å². The van der Waals surface area contributed by atoms with Crippen LogP contribution in [0.25, 0.3) is 10.1 Å². The van der Waals surface area contributed by atoms with E-state index < -0.39 is 5.82 Å². The Morgan fingerprint density at radius 3 is 2.73 bits per heavy atom. The first-order valence-electron chi connectivity index (χ1n) is 8.25. The minimum Gasteiger partial charge on any atom is -0.494 e. The quantitative estimate of drug-likeness (QED) is 0.709. The van der Waals surface area contributed by atoms with Crippen molar-refractivity contribution in [2.24, 2.45) is 0 Å². The maximum Gasteiger partial charge on any atom is 0.251 e. The molecule has 0 radical (unpaired) electrons. The molecule has 136 valence electrons. The Balaban J connectivity index is 1.77. The smallest absolute Gasteiger partial charge is 0.251 e. The minimum atomic E-state index is -0.548. The summed E-state index contributed by atoms with van der Waals surface area (Å²) < 4.78 is 19.9. The fourth-order valence-electron chi connectivity index (χ4n) is 2.93. The van der Waals surface area contributed by atoms with Gasteiger partial charge in [-0.15, -0.1) is 11.3 Å². The summed E-state index contributed by atoms with van der Waals surface area (Å²) in [5, 5.41) is 6.24. The molecule has 0 saturated heterocycles. The number of benzene rings is 2. The van der Waals surface area contributed by atoms with Crippen molar-refractivity contribution in [3.8, 4) is 5.75 Å². The molecule has 3 aromatic rings. The highest BCUT2D eigenvalue weighted by Gasteiger charge is 2.19. The topological polar surface area (TPSA) is 41.6 Å². The molecular weight excluding hydrogens is 351 g/mol. The number of fused-ring (bicyclic) bond motifs is 1. The van der Waals surface area contributed by atoms with E-state index in [0.717, 1.165) is 0 Å². The number of carbonyl (C=O) groups excluding carboxylic acids is 1. The van der Waals surface area contributed by atoms with Crippen LogP contribution >= 0.6 is 11.3 Å². The van der Waals surface area contributed by atoms with Crippen molar-refractivity contribution in [2.75, 3.05) is 27.7 Å². The molecule has 2 aromatic carbocycles. The number of likely N-dealkylation sites (N-methyl/N-ethyl adjacent to an activating group) is 1. The summed E-state index contributed by atoms with van der Waals surface area (Å²) in [4.78, 5) is 14.5. The van der Waals surface area contributed by atoms with Crippen LogP contribution in [0.1, 0.15) is 22.0 Å². The predicted octanol–water partition coefficient (Wildman–Crippen LogP) is 4.08. The summed E-state index contributed by atoms with van der Waals surface area (Å²) in [7, 11) is 5.36. The number of methoxy groups -OCH3 is 1. The first-order valence-corrected chi connectivity index (χ1v) is 9.13. The zero-order valence-corrected chi connectivity index (χ0v) is 15.8. The summed E-state index contributed by atoms with van der Waals surface area (Å²) in [6.07, 6.45) is 0. The van der Waals surface area contributed by atoms with E-state index in [9.17, 15) is 9.18 Å². The van der Waals surface area contributed by atoms with Gasteiger partial charge in [-0.1, -0.05) is 18.2 Å². The maximum absolute atomic E-state index is 13.8. The van der Waals surface area contributed by atoms with Gasteiger partial charge in [0.1, 0.15) is 0 Å². The molecule has 0 unspecified atom stereocenters. The van der Waals surface area contributed by atoms with E-state index in [1.54, 1.807) is 17.4 Å². The summed E-state index contributed by atoms with van der Waals surface area (Å²) in [5.41, 5.74) is 1.45. The standard InChI is InChI=1S/C20H21FN2O2S/c1-23(2)17(15-12-26-19-7-5-4-6-14(15)19)11-22-20(24)13-8-9-18(25-3)16(21)10-13/h4-10,12,17H,11H2,1-3H3,(H,22,24)/t17-/m1/s1. The average molecular weight is 372 g/mol. The monoisotopic (exact) mass is 372 g/mol. The average Bonchev–Trinajstić information content (AvgIpc) is 3.05. The molecule has 1 heterocycles. The molecule has 6 heteroatoms. The van der Waals surface area contributed by atoms with Crippen molar-refractivity contribution in [1.82, 2.24) is 10.2 Å². The van der Waals surface area contributed by atoms with Crippen LogP contribution in [0, 0.1) is 5.82 Å². The molecule has 0 saturated carbocycles. The van der Waals surface area contributed by atoms with Crippen molar-refractivity contribution in [2.45, 2.75) is 6.04 Å². The molecule has 0 aliphatic heterocycles. The van der Waals surface area contributed by atoms with Gasteiger partial charge in [0.2, 0.25) is 0 Å². The second-order valence-electron chi connectivity index (χ2n) is 6.23. The highest BCUT2D eigenvalue weighted by molar-refractivity contribution is 7.17. The molecule has 0 spiro atoms. The van der Waals surface area contributed by atoms with Crippen LogP contribution in [-0.4, -0.2) is 38.6 Å². The van der Waals surface area contributed by atoms with E-state index in [4.69, 9.17) is 4.74 Å². The van der Waals surface area contributed by atoms with E-state index in [1.807, 2.05) is 26.2 Å². The van der Waals surface area contributed by atoms with Gasteiger partial charge in [-0.05, 0) is 54.7 Å². The Bertz CT molecular complexity index is 923. The lowest BCUT2D eigenvalue weighted by Gasteiger charge is -2.24. The Kier molecular flexibility index (Phi) is 5.54. The SMILES string of the molecule is COc1ccc(C(=O)NC[C@H](c2csc3ccccc23)N(C)C)cc1F. The maximum atomic E-state index is 13.8. The number of halogens is 1. The summed E-state index contributed by atoms with van der Waals surface area (Å²) in [6.45, 7) is 0.431. The number of carbonyl (C=O) groups is 1. The van der Waals surface area contributed by atoms with Crippen LogP contribution in [0.15, 0.2) is 47.8 Å². The Morgan fingerprint density at radius 2 is 2.04 bits per heavy atom. The molecule has 3 rings (SSSR count). The van der Waals surface area contributed by atoms with Crippen molar-refractivity contribution in [3.05, 3.63) is 64.8 Å². The van der Waals surface area contributed by atoms with Crippen LogP contribution in [0.4, 0.5) is 4.39 Å². The van der Waals surface area contributed by atoms with Gasteiger partial charge in [0.05, 0.1) is 13.2 Å². The molecule has 1 N–H and O–H groups in total. The lowest BCUT2D eigenvalue weighted by atomic mass is 10.0. The number of amides is 1. The van der Waals surface area contributed by atoms with Crippen molar-refractivity contribution < 1.29 is 13.9 Å². The number of nitrogens with one attached hydrogen (secondary N) is 1. The van der Waals surface area contributed by atoms with Crippen LogP contribution in [0.2, 0.25) is 0 Å². The Morgan fingerprint density at radius 1 is 1.27 bits per heavy atom. The molecule has 1 aromatic heterocycles. The highest BCUT2D eigenvalue weighted by atomic mass is 32.1. The van der Waals surface area contributed by atoms with Crippen LogP contribution in [0.3, 0.4) is 0 Å². The normalized spacial score (nSPS) is 12.3. The first-order chi connectivity index (χ1) is 12.5. The van der Waals surface area contributed by atoms with Gasteiger partial charge in [-0.2, -0.15) is 0 Å². The lowest BCUT2D eigenvalue weighted by molar-refractivity contribution is 0.0941. The van der Waals surface area contributed by atoms with E-state index >= 15 is 0 Å². The summed E-state index contributed by atoms with van der Waals surface area (Å²) in [6, 6.07) is 12.5. The molecular formula is C20H21FN2O2S. The van der Waals surface area contributed by atoms with Gasteiger partial charge in [-0.3, -0.25) is 4.79 Å². The molecule has 1 atom stereocenters. The van der Waals surface area contributed by atoms with Gasteiger partial charge in [0.25, 0.3) is 5.91 Å². The zero-order valence-electron chi connectivity index (χ0n) is 15.0. The van der Waals surface area contributed by atoms with Crippen molar-refractivity contribution in [1.29, 1.82) is 0 Å². The third-order valence-corrected chi connectivity index (χ3v) is 5.34. The third-order valence-electron chi connectivity index (χ3n) is 4.36. The van der Waals surface area contributed by atoms with Crippen molar-refractivity contribution >= 4 is 27.3 Å². The predicted molar refractivity (Wildman–Crippen MR) is 104 cm³/mol. The zero-order chi connectivity index (χ0) is 18.7. The molecule has 0 aliphatic rings. The summed E-state index contributed by atoms with van der Waals surface area (Å²) in [5.74, 6) is -0.733. The van der Waals surface area contributed by atoms with E-state index in [0.29, 0.717) is 6.54 Å². The number of rotatable bonds is 6. The highest BCUT2D eigenvalue weighted by Crippen LogP contribution is 2.32. The molecule has 1 amide bonds. The first kappa shape index (κ1) is 18.4. The molecule has 26 heavy (non-hydrogen) atoms. The number of thiophene rings is 1. The minimum absolute atomic E-state index is 0.0261. The second kappa shape index (κ2) is 7.85. The fraction of sp³-hybridized carbons (Fsp3) is 0.250. The van der Waals surface area contributed by atoms with Crippen LogP contribution in [0.5, 0.6) is 5.75 Å². The van der Waals surface area contributed by atoms with E-state index in [-0.39, 0.29) is 23.3 Å². The number of nitrogens with zero attached hydrogens (tertiary/aromatic N) is 1. The summed E-state index contributed by atoms with van der Waals surface area (Å²) >= 11 is 1.69. The van der Waals surface area contributed by atoms with E-state index in [2.05, 4.69) is 27.7 Å². The molecule has 0 aliphatic carbocycles. The Labute approximate surface area is 156 Å². The second-order valence-corrected chi connectivity index (χ2v) is 7.14. The fourth-order valence-corrected chi connectivity index (χ4v) is 3.93. The number of ether oxygens (including phenoxy) is 1. The molecule has 0 fully saturated rings. The van der Waals surface area contributed by atoms with Gasteiger partial charge in [-0.25, -0.2) is 4.39 Å². The van der Waals surface area contributed by atoms with Gasteiger partial charge in [0.15, 0.2) is 11.6 Å².